The molecular weight excluding hydrogens is 466 g/mol. The van der Waals surface area contributed by atoms with E-state index in [-0.39, 0.29) is 19.1 Å². The number of hydrogen-bond acceptors (Lipinski definition) is 10. The zero-order valence-electron chi connectivity index (χ0n) is 17.8. The number of amides is 1. The van der Waals surface area contributed by atoms with Gasteiger partial charge in [0.05, 0.1) is 0 Å². The van der Waals surface area contributed by atoms with E-state index in [9.17, 15) is 24.6 Å². The van der Waals surface area contributed by atoms with E-state index >= 15 is 0 Å². The monoisotopic (exact) mass is 489 g/mol. The zero-order valence-corrected chi connectivity index (χ0v) is 18.6. The topological polar surface area (TPSA) is 168 Å². The Hall–Kier alpha value is -3.36. The van der Waals surface area contributed by atoms with Gasteiger partial charge in [-0.25, -0.2) is 9.78 Å². The third-order valence-electron chi connectivity index (χ3n) is 5.11. The van der Waals surface area contributed by atoms with E-state index in [2.05, 4.69) is 20.6 Å². The summed E-state index contributed by atoms with van der Waals surface area (Å²) in [4.78, 5) is 41.1. The van der Waals surface area contributed by atoms with Crippen molar-refractivity contribution in [2.24, 2.45) is 0 Å². The first kappa shape index (κ1) is 23.8. The van der Waals surface area contributed by atoms with Crippen molar-refractivity contribution in [3.8, 4) is 5.75 Å². The van der Waals surface area contributed by atoms with Crippen molar-refractivity contribution < 1.29 is 24.5 Å². The number of anilines is 1. The van der Waals surface area contributed by atoms with Gasteiger partial charge in [-0.2, -0.15) is 0 Å². The number of aliphatic hydroxyl groups is 2. The number of hydrogen-bond donors (Lipinski definition) is 5. The first-order valence-corrected chi connectivity index (χ1v) is 11.2. The fourth-order valence-corrected chi connectivity index (χ4v) is 3.95. The summed E-state index contributed by atoms with van der Waals surface area (Å²) in [6.45, 7) is 0.509. The van der Waals surface area contributed by atoms with Gasteiger partial charge >= 0.3 is 5.69 Å². The van der Waals surface area contributed by atoms with Gasteiger partial charge in [-0.3, -0.25) is 24.5 Å². The van der Waals surface area contributed by atoms with Crippen LogP contribution in [0.25, 0.3) is 0 Å². The molecule has 0 saturated carbocycles. The van der Waals surface area contributed by atoms with Crippen LogP contribution in [0.4, 0.5) is 5.13 Å². The largest absolute Gasteiger partial charge is 0.484 e. The van der Waals surface area contributed by atoms with Crippen molar-refractivity contribution in [1.82, 2.24) is 19.9 Å². The molecule has 0 spiro atoms. The number of aromatic amines is 1. The predicted octanol–water partition coefficient (Wildman–Crippen LogP) is -0.580. The van der Waals surface area contributed by atoms with Gasteiger partial charge in [0, 0.05) is 36.9 Å². The van der Waals surface area contributed by atoms with Crippen LogP contribution >= 0.6 is 11.3 Å². The molecule has 5 N–H and O–H groups in total. The molecule has 0 radical (unpaired) electrons. The van der Waals surface area contributed by atoms with Crippen molar-refractivity contribution in [3.05, 3.63) is 74.5 Å². The average Bonchev–Trinajstić information content (AvgIpc) is 3.42. The molecule has 1 fully saturated rings. The highest BCUT2D eigenvalue weighted by Gasteiger charge is 2.43. The zero-order chi connectivity index (χ0) is 24.1. The molecule has 1 saturated heterocycles. The van der Waals surface area contributed by atoms with Gasteiger partial charge in [0.2, 0.25) is 0 Å². The fourth-order valence-electron chi connectivity index (χ4n) is 3.41. The minimum absolute atomic E-state index is 0.143. The first-order chi connectivity index (χ1) is 16.4. The van der Waals surface area contributed by atoms with Crippen LogP contribution in [0.15, 0.2) is 57.7 Å². The lowest BCUT2D eigenvalue weighted by atomic mass is 10.1. The Labute approximate surface area is 196 Å². The van der Waals surface area contributed by atoms with E-state index < -0.39 is 35.8 Å². The van der Waals surface area contributed by atoms with Crippen molar-refractivity contribution >= 4 is 22.4 Å². The lowest BCUT2D eigenvalue weighted by Crippen LogP contribution is -2.38. The van der Waals surface area contributed by atoms with E-state index in [0.29, 0.717) is 17.4 Å². The van der Waals surface area contributed by atoms with Gasteiger partial charge in [-0.15, -0.1) is 11.3 Å². The summed E-state index contributed by atoms with van der Waals surface area (Å²) in [6.07, 6.45) is -1.62. The summed E-state index contributed by atoms with van der Waals surface area (Å²) in [7, 11) is 0. The molecule has 0 unspecified atom stereocenters. The van der Waals surface area contributed by atoms with Crippen LogP contribution in [0.3, 0.4) is 0 Å². The standard InChI is InChI=1S/C21H23N5O7S/c27-15-5-7-26(21(31)25-15)19-18(30)17(29)14(33-19)10-22-9-12-1-3-13(4-2-12)32-11-16(28)24-20-23-6-8-34-20/h1-8,14,17-19,22,29-30H,9-11H2,(H,23,24,28)(H,25,27,31)/t14-,17-,18-,19-/m1/s1. The third-order valence-corrected chi connectivity index (χ3v) is 5.80. The molecule has 2 aromatic heterocycles. The smallest absolute Gasteiger partial charge is 0.330 e. The van der Waals surface area contributed by atoms with E-state index in [4.69, 9.17) is 9.47 Å². The molecule has 4 rings (SSSR count). The molecule has 4 atom stereocenters. The van der Waals surface area contributed by atoms with E-state index in [1.165, 1.54) is 17.5 Å². The molecule has 12 nitrogen and oxygen atoms in total. The molecule has 1 aliphatic rings. The van der Waals surface area contributed by atoms with Crippen LogP contribution in [0.5, 0.6) is 5.75 Å². The molecular formula is C21H23N5O7S. The summed E-state index contributed by atoms with van der Waals surface area (Å²) < 4.78 is 12.2. The number of benzene rings is 1. The highest BCUT2D eigenvalue weighted by Crippen LogP contribution is 2.27. The van der Waals surface area contributed by atoms with Crippen LogP contribution in [0, 0.1) is 0 Å². The van der Waals surface area contributed by atoms with Gasteiger partial charge in [0.25, 0.3) is 11.5 Å². The molecule has 3 heterocycles. The highest BCUT2D eigenvalue weighted by molar-refractivity contribution is 7.13. The van der Waals surface area contributed by atoms with Crippen LogP contribution in [0.1, 0.15) is 11.8 Å². The quantitative estimate of drug-likeness (QED) is 0.264. The average molecular weight is 490 g/mol. The normalized spacial score (nSPS) is 21.9. The summed E-state index contributed by atoms with van der Waals surface area (Å²) in [5, 5.41) is 28.6. The maximum absolute atomic E-state index is 12.0. The van der Waals surface area contributed by atoms with E-state index in [1.54, 1.807) is 23.7 Å². The minimum Gasteiger partial charge on any atom is -0.484 e. The second kappa shape index (κ2) is 10.7. The Morgan fingerprint density at radius 1 is 1.21 bits per heavy atom. The minimum atomic E-state index is -1.33. The first-order valence-electron chi connectivity index (χ1n) is 10.4. The summed E-state index contributed by atoms with van der Waals surface area (Å²) in [5.41, 5.74) is -0.385. The number of carbonyl (C=O) groups is 1. The summed E-state index contributed by atoms with van der Waals surface area (Å²) in [5.74, 6) is 0.227. The molecule has 1 aliphatic heterocycles. The lowest BCUT2D eigenvalue weighted by molar-refractivity contribution is -0.118. The van der Waals surface area contributed by atoms with E-state index in [1.807, 2.05) is 12.1 Å². The van der Waals surface area contributed by atoms with Crippen LogP contribution in [0.2, 0.25) is 0 Å². The number of H-pyrrole nitrogens is 1. The van der Waals surface area contributed by atoms with Crippen molar-refractivity contribution in [2.75, 3.05) is 18.5 Å². The molecule has 3 aromatic rings. The molecule has 34 heavy (non-hydrogen) atoms. The van der Waals surface area contributed by atoms with Crippen molar-refractivity contribution in [2.45, 2.75) is 31.1 Å². The Morgan fingerprint density at radius 2 is 2.00 bits per heavy atom. The van der Waals surface area contributed by atoms with E-state index in [0.717, 1.165) is 16.2 Å². The maximum atomic E-state index is 12.0. The van der Waals surface area contributed by atoms with Crippen LogP contribution in [-0.4, -0.2) is 62.1 Å². The number of rotatable bonds is 9. The second-order valence-corrected chi connectivity index (χ2v) is 8.41. The SMILES string of the molecule is O=C(COc1ccc(CNC[C@H]2O[C@@H](n3ccc(=O)[nH]c3=O)[C@H](O)[C@@H]2O)cc1)Nc1nccs1. The number of aliphatic hydroxyl groups excluding tert-OH is 2. The molecule has 0 bridgehead atoms. The predicted molar refractivity (Wildman–Crippen MR) is 122 cm³/mol. The third kappa shape index (κ3) is 5.76. The summed E-state index contributed by atoms with van der Waals surface area (Å²) in [6, 6.07) is 8.25. The van der Waals surface area contributed by atoms with Gasteiger partial charge in [0.15, 0.2) is 18.0 Å². The number of ether oxygens (including phenoxy) is 2. The van der Waals surface area contributed by atoms with Gasteiger partial charge < -0.3 is 25.0 Å². The number of thiazole rings is 1. The molecule has 180 valence electrons. The molecule has 13 heteroatoms. The molecule has 1 aromatic carbocycles. The Bertz CT molecular complexity index is 1210. The van der Waals surface area contributed by atoms with Gasteiger partial charge in [-0.05, 0) is 17.7 Å². The number of aromatic nitrogens is 3. The number of carbonyl (C=O) groups excluding carboxylic acids is 1. The lowest BCUT2D eigenvalue weighted by Gasteiger charge is -2.16. The fraction of sp³-hybridized carbons (Fsp3) is 0.333. The number of nitrogens with zero attached hydrogens (tertiary/aromatic N) is 2. The number of nitrogens with one attached hydrogen (secondary N) is 3. The van der Waals surface area contributed by atoms with Crippen LogP contribution < -0.4 is 26.6 Å². The summed E-state index contributed by atoms with van der Waals surface area (Å²) >= 11 is 1.32. The second-order valence-electron chi connectivity index (χ2n) is 7.51. The Balaban J connectivity index is 1.23. The molecule has 0 aliphatic carbocycles. The van der Waals surface area contributed by atoms with Crippen molar-refractivity contribution in [3.63, 3.8) is 0 Å². The molecule has 1 amide bonds. The maximum Gasteiger partial charge on any atom is 0.330 e. The Kier molecular flexibility index (Phi) is 7.49. The highest BCUT2D eigenvalue weighted by atomic mass is 32.1. The van der Waals surface area contributed by atoms with Gasteiger partial charge in [0.1, 0.15) is 24.1 Å². The van der Waals surface area contributed by atoms with Crippen molar-refractivity contribution in [1.29, 1.82) is 0 Å². The van der Waals surface area contributed by atoms with Crippen LogP contribution in [-0.2, 0) is 16.1 Å². The van der Waals surface area contributed by atoms with Gasteiger partial charge in [-0.1, -0.05) is 12.1 Å². The Morgan fingerprint density at radius 3 is 2.71 bits per heavy atom.